The highest BCUT2D eigenvalue weighted by molar-refractivity contribution is 6.45. The van der Waals surface area contributed by atoms with Crippen molar-refractivity contribution in [1.29, 1.82) is 0 Å². The molecule has 1 heterocycles. The number of aliphatic imine (C=N–C) groups is 2. The molecule has 8 nitrogen and oxygen atoms in total. The van der Waals surface area contributed by atoms with Crippen molar-refractivity contribution in [2.45, 2.75) is 39.7 Å². The molecule has 3 N–H and O–H groups in total. The Morgan fingerprint density at radius 2 is 1.84 bits per heavy atom. The minimum absolute atomic E-state index is 0.137. The minimum Gasteiger partial charge on any atom is -0.478 e. The molecule has 0 aromatic heterocycles. The van der Waals surface area contributed by atoms with Gasteiger partial charge in [0.1, 0.15) is 5.84 Å². The molecular formula is C24H28N4O4. The topological polar surface area (TPSA) is 120 Å². The number of amides is 2. The second kappa shape index (κ2) is 10.5. The Morgan fingerprint density at radius 1 is 1.19 bits per heavy atom. The maximum absolute atomic E-state index is 12.7. The van der Waals surface area contributed by atoms with Crippen molar-refractivity contribution in [3.05, 3.63) is 71.5 Å². The van der Waals surface area contributed by atoms with Crippen LogP contribution >= 0.6 is 0 Å². The summed E-state index contributed by atoms with van der Waals surface area (Å²) >= 11 is 0. The van der Waals surface area contributed by atoms with Crippen LogP contribution in [0.15, 0.2) is 75.9 Å². The summed E-state index contributed by atoms with van der Waals surface area (Å²) in [4.78, 5) is 45.3. The molecule has 0 atom stereocenters. The number of allylic oxidation sites excluding steroid dienone is 1. The van der Waals surface area contributed by atoms with Crippen molar-refractivity contribution in [2.24, 2.45) is 9.98 Å². The zero-order valence-corrected chi connectivity index (χ0v) is 18.7. The van der Waals surface area contributed by atoms with Gasteiger partial charge in [-0.05, 0) is 39.3 Å². The van der Waals surface area contributed by atoms with Crippen LogP contribution in [-0.2, 0) is 19.9 Å². The van der Waals surface area contributed by atoms with E-state index in [1.807, 2.05) is 44.2 Å². The first-order valence-electron chi connectivity index (χ1n) is 10.2. The second-order valence-corrected chi connectivity index (χ2v) is 7.77. The molecule has 168 valence electrons. The number of nitrogens with one attached hydrogen (secondary N) is 2. The standard InChI is InChI=1S/C24H28N4O4/c1-6-25-20(19-14-15(2)18(23(31)32)12-13-26-19)27-21(29)16(3)22(30)28-24(4,5)17-10-8-7-9-11-17/h7-13H,3,6,14H2,1-2,4-5H3,(H,28,30)(H,31,32)(H,25,27,29). The maximum atomic E-state index is 12.7. The van der Waals surface area contributed by atoms with E-state index in [1.165, 1.54) is 12.3 Å². The quantitative estimate of drug-likeness (QED) is 0.200. The van der Waals surface area contributed by atoms with Gasteiger partial charge in [-0.2, -0.15) is 0 Å². The zero-order valence-electron chi connectivity index (χ0n) is 18.7. The SMILES string of the molecule is C=C(C(=O)NC(=NCC)C1=NC=CC(C(=O)O)=C(C)C1)C(=O)NC(C)(C)c1ccccc1. The Morgan fingerprint density at radius 3 is 2.44 bits per heavy atom. The summed E-state index contributed by atoms with van der Waals surface area (Å²) in [6.45, 7) is 11.1. The first-order valence-corrected chi connectivity index (χ1v) is 10.2. The number of hydrogen-bond donors (Lipinski definition) is 3. The van der Waals surface area contributed by atoms with Crippen molar-refractivity contribution in [3.63, 3.8) is 0 Å². The first-order chi connectivity index (χ1) is 15.1. The summed E-state index contributed by atoms with van der Waals surface area (Å²) in [5, 5.41) is 14.7. The van der Waals surface area contributed by atoms with E-state index in [9.17, 15) is 19.5 Å². The fourth-order valence-electron chi connectivity index (χ4n) is 3.07. The summed E-state index contributed by atoms with van der Waals surface area (Å²) in [5.41, 5.74) is 0.991. The van der Waals surface area contributed by atoms with Crippen LogP contribution in [0.25, 0.3) is 0 Å². The van der Waals surface area contributed by atoms with Gasteiger partial charge in [0, 0.05) is 19.2 Å². The largest absolute Gasteiger partial charge is 0.478 e. The van der Waals surface area contributed by atoms with E-state index in [4.69, 9.17) is 0 Å². The lowest BCUT2D eigenvalue weighted by Crippen LogP contribution is -2.45. The number of amidine groups is 1. The minimum atomic E-state index is -1.06. The highest BCUT2D eigenvalue weighted by atomic mass is 16.4. The fraction of sp³-hybridized carbons (Fsp3) is 0.292. The molecular weight excluding hydrogens is 408 g/mol. The van der Waals surface area contributed by atoms with Crippen molar-refractivity contribution >= 4 is 29.3 Å². The third-order valence-corrected chi connectivity index (χ3v) is 4.89. The van der Waals surface area contributed by atoms with Crippen molar-refractivity contribution in [3.8, 4) is 0 Å². The Bertz CT molecular complexity index is 1050. The number of hydrogen-bond acceptors (Lipinski definition) is 5. The molecule has 2 rings (SSSR count). The van der Waals surface area contributed by atoms with Crippen molar-refractivity contribution < 1.29 is 19.5 Å². The van der Waals surface area contributed by atoms with Gasteiger partial charge in [0.05, 0.1) is 22.4 Å². The number of benzene rings is 1. The summed E-state index contributed by atoms with van der Waals surface area (Å²) < 4.78 is 0. The molecule has 0 spiro atoms. The normalized spacial score (nSPS) is 14.4. The third-order valence-electron chi connectivity index (χ3n) is 4.89. The Balaban J connectivity index is 2.15. The van der Waals surface area contributed by atoms with Crippen LogP contribution in [0, 0.1) is 0 Å². The van der Waals surface area contributed by atoms with E-state index in [1.54, 1.807) is 13.8 Å². The first kappa shape index (κ1) is 24.5. The number of carboxylic acids is 1. The molecule has 0 bridgehead atoms. The predicted molar refractivity (Wildman–Crippen MR) is 124 cm³/mol. The third kappa shape index (κ3) is 6.10. The van der Waals surface area contributed by atoms with Crippen LogP contribution in [0.5, 0.6) is 0 Å². The Kier molecular flexibility index (Phi) is 8.01. The van der Waals surface area contributed by atoms with Gasteiger partial charge in [-0.3, -0.25) is 19.6 Å². The van der Waals surface area contributed by atoms with E-state index in [0.29, 0.717) is 17.8 Å². The summed E-state index contributed by atoms with van der Waals surface area (Å²) in [6, 6.07) is 9.38. The molecule has 32 heavy (non-hydrogen) atoms. The van der Waals surface area contributed by atoms with E-state index < -0.39 is 23.3 Å². The molecule has 1 aliphatic heterocycles. The van der Waals surface area contributed by atoms with Gasteiger partial charge in [0.25, 0.3) is 11.8 Å². The predicted octanol–water partition coefficient (Wildman–Crippen LogP) is 2.89. The second-order valence-electron chi connectivity index (χ2n) is 7.77. The number of rotatable bonds is 7. The number of nitrogens with zero attached hydrogens (tertiary/aromatic N) is 2. The van der Waals surface area contributed by atoms with E-state index in [2.05, 4.69) is 27.2 Å². The van der Waals surface area contributed by atoms with Crippen LogP contribution < -0.4 is 10.6 Å². The molecule has 0 saturated heterocycles. The highest BCUT2D eigenvalue weighted by Crippen LogP contribution is 2.20. The van der Waals surface area contributed by atoms with Gasteiger partial charge in [-0.1, -0.05) is 42.5 Å². The van der Waals surface area contributed by atoms with Crippen LogP contribution in [-0.4, -0.2) is 41.0 Å². The van der Waals surface area contributed by atoms with Crippen molar-refractivity contribution in [2.75, 3.05) is 6.54 Å². The van der Waals surface area contributed by atoms with E-state index in [-0.39, 0.29) is 23.4 Å². The van der Waals surface area contributed by atoms with Gasteiger partial charge in [0.2, 0.25) is 0 Å². The van der Waals surface area contributed by atoms with E-state index in [0.717, 1.165) is 5.56 Å². The lowest BCUT2D eigenvalue weighted by molar-refractivity contribution is -0.132. The average Bonchev–Trinajstić information content (AvgIpc) is 2.94. The zero-order chi connectivity index (χ0) is 23.9. The molecule has 2 amide bonds. The van der Waals surface area contributed by atoms with E-state index >= 15 is 0 Å². The molecule has 0 aliphatic carbocycles. The smallest absolute Gasteiger partial charge is 0.335 e. The monoisotopic (exact) mass is 436 g/mol. The number of aliphatic carboxylic acids is 1. The lowest BCUT2D eigenvalue weighted by Gasteiger charge is -2.27. The van der Waals surface area contributed by atoms with Gasteiger partial charge in [0.15, 0.2) is 0 Å². The van der Waals surface area contributed by atoms with Gasteiger partial charge < -0.3 is 15.7 Å². The number of carboxylic acid groups (broad SMARTS) is 1. The molecule has 0 radical (unpaired) electrons. The molecule has 8 heteroatoms. The number of carbonyl (C=O) groups excluding carboxylic acids is 2. The Hall–Kier alpha value is -3.81. The van der Waals surface area contributed by atoms with Crippen LogP contribution in [0.3, 0.4) is 0 Å². The molecule has 0 fully saturated rings. The number of carbonyl (C=O) groups is 3. The van der Waals surface area contributed by atoms with Crippen LogP contribution in [0.4, 0.5) is 0 Å². The van der Waals surface area contributed by atoms with Gasteiger partial charge >= 0.3 is 5.97 Å². The average molecular weight is 437 g/mol. The molecule has 0 saturated carbocycles. The van der Waals surface area contributed by atoms with Gasteiger partial charge in [-0.15, -0.1) is 0 Å². The summed E-state index contributed by atoms with van der Waals surface area (Å²) in [7, 11) is 0. The Labute approximate surface area is 187 Å². The van der Waals surface area contributed by atoms with Crippen molar-refractivity contribution in [1.82, 2.24) is 10.6 Å². The molecule has 1 aliphatic rings. The maximum Gasteiger partial charge on any atom is 0.335 e. The van der Waals surface area contributed by atoms with Crippen LogP contribution in [0.1, 0.15) is 39.7 Å². The molecule has 1 aromatic rings. The van der Waals surface area contributed by atoms with Crippen LogP contribution in [0.2, 0.25) is 0 Å². The van der Waals surface area contributed by atoms with Gasteiger partial charge in [-0.25, -0.2) is 4.79 Å². The highest BCUT2D eigenvalue weighted by Gasteiger charge is 2.27. The fourth-order valence-corrected chi connectivity index (χ4v) is 3.07. The molecule has 0 unspecified atom stereocenters. The lowest BCUT2D eigenvalue weighted by atomic mass is 9.94. The summed E-state index contributed by atoms with van der Waals surface area (Å²) in [5.74, 6) is -2.21. The molecule has 1 aromatic carbocycles. The summed E-state index contributed by atoms with van der Waals surface area (Å²) in [6.07, 6.45) is 2.94.